The number of carbonyl (C=O) groups excluding carboxylic acids is 6. The van der Waals surface area contributed by atoms with Gasteiger partial charge in [-0.1, -0.05) is 75.0 Å². The van der Waals surface area contributed by atoms with Crippen LogP contribution in [0.25, 0.3) is 0 Å². The number of ether oxygens (including phenoxy) is 6. The van der Waals surface area contributed by atoms with Crippen LogP contribution in [0.15, 0.2) is 75.9 Å². The van der Waals surface area contributed by atoms with E-state index in [2.05, 4.69) is 48.9 Å². The molecule has 474 valence electrons. The maximum Gasteiger partial charge on any atom is 0.323 e. The number of unbranched alkanes of at least 4 members (excludes halogenated alkanes) is 10. The Morgan fingerprint density at radius 2 is 0.469 bits per heavy atom. The molecule has 0 radical (unpaired) electrons. The van der Waals surface area contributed by atoms with Crippen molar-refractivity contribution in [2.75, 3.05) is 127 Å². The van der Waals surface area contributed by atoms with E-state index >= 15 is 0 Å². The van der Waals surface area contributed by atoms with Gasteiger partial charge in [0.2, 0.25) is 0 Å². The van der Waals surface area contributed by atoms with E-state index in [1.165, 1.54) is 61.9 Å². The Balaban J connectivity index is -0.000000209. The topological polar surface area (TPSA) is 177 Å². The van der Waals surface area contributed by atoms with Gasteiger partial charge in [0.1, 0.15) is 36.3 Å². The third-order valence-corrected chi connectivity index (χ3v) is 12.7. The van der Waals surface area contributed by atoms with Gasteiger partial charge in [-0.2, -0.15) is 0 Å². The van der Waals surface area contributed by atoms with Gasteiger partial charge < -0.3 is 28.4 Å². The summed E-state index contributed by atoms with van der Waals surface area (Å²) in [4.78, 5) is 78.9. The van der Waals surface area contributed by atoms with Gasteiger partial charge in [-0.05, 0) is 181 Å². The molecular weight excluding hydrogens is 1030 g/mol. The van der Waals surface area contributed by atoms with Crippen LogP contribution in [0.4, 0.5) is 0 Å². The van der Waals surface area contributed by atoms with Crippen LogP contribution in [-0.4, -0.2) is 229 Å². The fourth-order valence-electron chi connectivity index (χ4n) is 7.57. The van der Waals surface area contributed by atoms with Crippen LogP contribution in [-0.2, 0) is 57.2 Å². The molecule has 0 heterocycles. The Bertz CT molecular complexity index is 1640. The number of hydrogen-bond acceptors (Lipinski definition) is 18. The summed E-state index contributed by atoms with van der Waals surface area (Å²) in [5, 5.41) is 0. The smallest absolute Gasteiger partial charge is 0.323 e. The molecule has 18 heteroatoms. The lowest BCUT2D eigenvalue weighted by atomic mass is 10.1. The van der Waals surface area contributed by atoms with Gasteiger partial charge in [-0.15, -0.1) is 39.5 Å². The Morgan fingerprint density at radius 3 is 0.716 bits per heavy atom. The molecule has 0 fully saturated rings. The maximum absolute atomic E-state index is 11.4. The maximum atomic E-state index is 11.4. The first kappa shape index (κ1) is 87.3. The molecule has 0 rings (SSSR count). The highest BCUT2D eigenvalue weighted by atomic mass is 16.5. The van der Waals surface area contributed by atoms with Crippen LogP contribution in [0.5, 0.6) is 0 Å². The van der Waals surface area contributed by atoms with Crippen LogP contribution in [0.1, 0.15) is 135 Å². The Labute approximate surface area is 494 Å². The molecule has 0 spiro atoms. The molecule has 0 N–H and O–H groups in total. The molecule has 0 saturated heterocycles. The number of likely N-dealkylation sites (N-methyl/N-ethyl adjacent to an activating group) is 6. The molecule has 0 saturated carbocycles. The monoisotopic (exact) mass is 1150 g/mol. The summed E-state index contributed by atoms with van der Waals surface area (Å²) < 4.78 is 28.2. The van der Waals surface area contributed by atoms with Crippen LogP contribution < -0.4 is 0 Å². The fourth-order valence-corrected chi connectivity index (χ4v) is 7.57. The number of esters is 6. The number of allylic oxidation sites excluding steroid dienone is 5. The Hall–Kier alpha value is -4.98. The Morgan fingerprint density at radius 1 is 0.272 bits per heavy atom. The van der Waals surface area contributed by atoms with Gasteiger partial charge in [0.25, 0.3) is 0 Å². The highest BCUT2D eigenvalue weighted by Gasteiger charge is 2.24. The van der Waals surface area contributed by atoms with Crippen LogP contribution in [0.2, 0.25) is 0 Å². The Kier molecular flexibility index (Phi) is 65.8. The molecule has 0 aromatic rings. The molecule has 0 aliphatic heterocycles. The molecule has 6 atom stereocenters. The van der Waals surface area contributed by atoms with Crippen molar-refractivity contribution in [3.8, 4) is 0 Å². The minimum absolute atomic E-state index is 0.0931. The molecule has 81 heavy (non-hydrogen) atoms. The van der Waals surface area contributed by atoms with E-state index in [0.29, 0.717) is 6.42 Å². The zero-order chi connectivity index (χ0) is 63.7. The molecule has 0 aromatic heterocycles. The average molecular weight is 1150 g/mol. The van der Waals surface area contributed by atoms with E-state index in [-0.39, 0.29) is 72.1 Å². The first-order valence-corrected chi connectivity index (χ1v) is 28.4. The van der Waals surface area contributed by atoms with E-state index in [4.69, 9.17) is 18.9 Å². The van der Waals surface area contributed by atoms with Gasteiger partial charge >= 0.3 is 35.8 Å². The second-order valence-electron chi connectivity index (χ2n) is 20.4. The zero-order valence-corrected chi connectivity index (χ0v) is 54.6. The van der Waals surface area contributed by atoms with E-state index < -0.39 is 0 Å². The minimum atomic E-state index is -0.213. The third-order valence-electron chi connectivity index (χ3n) is 12.7. The van der Waals surface area contributed by atoms with Gasteiger partial charge in [-0.25, -0.2) is 0 Å². The van der Waals surface area contributed by atoms with Crippen molar-refractivity contribution >= 4 is 35.8 Å². The molecule has 6 unspecified atom stereocenters. The lowest BCUT2D eigenvalue weighted by Crippen LogP contribution is -2.36. The van der Waals surface area contributed by atoms with E-state index in [1.807, 2.05) is 138 Å². The number of carbonyl (C=O) groups is 6. The number of methoxy groups -OCH3 is 6. The third kappa shape index (κ3) is 51.6. The summed E-state index contributed by atoms with van der Waals surface area (Å²) in [5.41, 5.74) is 0. The number of nitrogens with zero attached hydrogens (tertiary/aromatic N) is 6. The van der Waals surface area contributed by atoms with Crippen molar-refractivity contribution in [3.63, 3.8) is 0 Å². The standard InChI is InChI=1S/C13H25NO2.C12H23NO2.C11H21NO2.C10H19NO2.C9H17NO2.C8H15NO2/c1-5-6-7-8-9-10-11-12(14(2)3)13(15)16-4;1-5-6-7-8-9-10-11(13(2)3)12(14)15-4;1-5-6-7-8-9-10(12(2)3)11(13)14-4;1-5-6-7-8-9(11(2)3)10(12)13-4;1-5-6-7-8(10(2)3)9(11)12-4;1-5-6-7(9(2)3)8(10)11-4/h5,12H,1,6-11H2,2-4H3;5,11H,1,6-10H2,2-4H3;5,10H,1,6-9H2,2-4H3;5,9H,1,6-8H2,2-4H3;5,8H,1,6-7H2,2-4H3;5,7H,1,6H2,2-4H3. The predicted octanol–water partition coefficient (Wildman–Crippen LogP) is 9.85. The summed E-state index contributed by atoms with van der Waals surface area (Å²) in [6, 6.07) is -0.761. The predicted molar refractivity (Wildman–Crippen MR) is 335 cm³/mol. The zero-order valence-electron chi connectivity index (χ0n) is 54.6. The SMILES string of the molecule is C=CCC(C(=O)OC)N(C)C.C=CCCC(C(=O)OC)N(C)C.C=CCCCC(C(=O)OC)N(C)C.C=CCCCCC(C(=O)OC)N(C)C.C=CCCCCCC(C(=O)OC)N(C)C.C=CCCCCCCC(C(=O)OC)N(C)C. The largest absolute Gasteiger partial charge is 0.468 e. The molecule has 0 aliphatic rings. The van der Waals surface area contributed by atoms with Gasteiger partial charge in [0.05, 0.1) is 42.7 Å². The van der Waals surface area contributed by atoms with Gasteiger partial charge in [-0.3, -0.25) is 58.2 Å². The summed E-state index contributed by atoms with van der Waals surface area (Å²) in [7, 11) is 31.2. The lowest BCUT2D eigenvalue weighted by molar-refractivity contribution is -0.147. The van der Waals surface area contributed by atoms with Crippen molar-refractivity contribution in [1.29, 1.82) is 0 Å². The van der Waals surface area contributed by atoms with E-state index in [1.54, 1.807) is 12.2 Å². The van der Waals surface area contributed by atoms with Gasteiger partial charge in [0.15, 0.2) is 0 Å². The van der Waals surface area contributed by atoms with Crippen LogP contribution in [0.3, 0.4) is 0 Å². The summed E-state index contributed by atoms with van der Waals surface area (Å²) >= 11 is 0. The van der Waals surface area contributed by atoms with E-state index in [0.717, 1.165) is 109 Å². The van der Waals surface area contributed by atoms with Crippen molar-refractivity contribution < 1.29 is 57.2 Å². The first-order chi connectivity index (χ1) is 38.3. The summed E-state index contributed by atoms with van der Waals surface area (Å²) in [6.45, 7) is 21.8. The molecule has 18 nitrogen and oxygen atoms in total. The highest BCUT2D eigenvalue weighted by molar-refractivity contribution is 5.77. The van der Waals surface area contributed by atoms with Crippen molar-refractivity contribution in [2.45, 2.75) is 171 Å². The highest BCUT2D eigenvalue weighted by Crippen LogP contribution is 2.14. The molecule has 0 aliphatic carbocycles. The summed E-state index contributed by atoms with van der Waals surface area (Å²) in [6.07, 6.45) is 32.1. The number of hydrogen-bond donors (Lipinski definition) is 0. The van der Waals surface area contributed by atoms with E-state index in [9.17, 15) is 28.8 Å². The van der Waals surface area contributed by atoms with Crippen molar-refractivity contribution in [3.05, 3.63) is 75.9 Å². The van der Waals surface area contributed by atoms with Crippen LogP contribution in [0, 0.1) is 0 Å². The summed E-state index contributed by atoms with van der Waals surface area (Å²) in [5.74, 6) is -0.959. The second kappa shape index (κ2) is 61.1. The normalized spacial score (nSPS) is 12.6. The average Bonchev–Trinajstić information content (AvgIpc) is 3.43. The van der Waals surface area contributed by atoms with Crippen LogP contribution >= 0.6 is 0 Å². The quantitative estimate of drug-likeness (QED) is 0.0246. The second-order valence-corrected chi connectivity index (χ2v) is 20.4. The molecule has 0 aromatic carbocycles. The van der Waals surface area contributed by atoms with Crippen molar-refractivity contribution in [2.24, 2.45) is 0 Å². The lowest BCUT2D eigenvalue weighted by Gasteiger charge is -2.21. The number of rotatable bonds is 39. The first-order valence-electron chi connectivity index (χ1n) is 28.4. The molecular formula is C63H120N6O12. The molecule has 0 bridgehead atoms. The van der Waals surface area contributed by atoms with Gasteiger partial charge in [0, 0.05) is 0 Å². The minimum Gasteiger partial charge on any atom is -0.468 e. The fraction of sp³-hybridized carbons (Fsp3) is 0.714. The van der Waals surface area contributed by atoms with Crippen molar-refractivity contribution in [1.82, 2.24) is 29.4 Å². The molecule has 0 amide bonds.